The van der Waals surface area contributed by atoms with Gasteiger partial charge in [-0.05, 0) is 6.92 Å². The van der Waals surface area contributed by atoms with Gasteiger partial charge in [-0.25, -0.2) is 12.8 Å². The summed E-state index contributed by atoms with van der Waals surface area (Å²) in [7, 11) is -2.05. The molecule has 0 aliphatic rings. The maximum Gasteiger partial charge on any atom is 0.212 e. The second-order valence-corrected chi connectivity index (χ2v) is 4.53. The molecular formula is C6H9FN2O2S. The third kappa shape index (κ3) is 1.34. The highest BCUT2D eigenvalue weighted by Gasteiger charge is 2.20. The standard InChI is InChI=1S/C6H9FN2O2S/c1-4-5(7)6(8-9(4)2)12(3,10)11/h1-3H3. The van der Waals surface area contributed by atoms with Crippen LogP contribution in [-0.2, 0) is 16.9 Å². The van der Waals surface area contributed by atoms with Crippen LogP contribution >= 0.6 is 0 Å². The molecule has 0 aliphatic heterocycles. The van der Waals surface area contributed by atoms with Gasteiger partial charge in [0.2, 0.25) is 5.03 Å². The maximum atomic E-state index is 13.1. The highest BCUT2D eigenvalue weighted by atomic mass is 32.2. The molecule has 1 aromatic rings. The molecule has 0 aromatic carbocycles. The average Bonchev–Trinajstić information content (AvgIpc) is 2.15. The molecule has 0 unspecified atom stereocenters. The number of hydrogen-bond acceptors (Lipinski definition) is 3. The summed E-state index contributed by atoms with van der Waals surface area (Å²) < 4.78 is 36.1. The molecular weight excluding hydrogens is 183 g/mol. The summed E-state index contributed by atoms with van der Waals surface area (Å²) in [6, 6.07) is 0. The molecule has 12 heavy (non-hydrogen) atoms. The minimum absolute atomic E-state index is 0.218. The SMILES string of the molecule is Cc1c(F)c(S(C)(=O)=O)nn1C. The average molecular weight is 192 g/mol. The molecule has 0 fully saturated rings. The summed E-state index contributed by atoms with van der Waals surface area (Å²) in [5, 5.41) is 3.05. The molecule has 1 rings (SSSR count). The first-order chi connectivity index (χ1) is 5.34. The summed E-state index contributed by atoms with van der Waals surface area (Å²) in [4.78, 5) is 0. The van der Waals surface area contributed by atoms with Crippen LogP contribution in [0.25, 0.3) is 0 Å². The lowest BCUT2D eigenvalue weighted by atomic mass is 10.5. The maximum absolute atomic E-state index is 13.1. The molecule has 0 N–H and O–H groups in total. The third-order valence-electron chi connectivity index (χ3n) is 1.58. The van der Waals surface area contributed by atoms with Crippen LogP contribution in [-0.4, -0.2) is 24.5 Å². The second-order valence-electron chi connectivity index (χ2n) is 2.60. The Morgan fingerprint density at radius 3 is 2.17 bits per heavy atom. The first kappa shape index (κ1) is 9.18. The van der Waals surface area contributed by atoms with Gasteiger partial charge in [0.25, 0.3) is 0 Å². The van der Waals surface area contributed by atoms with E-state index in [1.165, 1.54) is 18.7 Å². The van der Waals surface area contributed by atoms with Crippen LogP contribution in [0, 0.1) is 12.7 Å². The van der Waals surface area contributed by atoms with Gasteiger partial charge in [-0.3, -0.25) is 4.68 Å². The number of rotatable bonds is 1. The fourth-order valence-corrected chi connectivity index (χ4v) is 1.53. The van der Waals surface area contributed by atoms with Crippen molar-refractivity contribution in [3.05, 3.63) is 11.5 Å². The van der Waals surface area contributed by atoms with E-state index in [-0.39, 0.29) is 5.69 Å². The van der Waals surface area contributed by atoms with Gasteiger partial charge >= 0.3 is 0 Å². The fourth-order valence-electron chi connectivity index (χ4n) is 0.789. The van der Waals surface area contributed by atoms with Gasteiger partial charge in [0.15, 0.2) is 15.7 Å². The predicted octanol–water partition coefficient (Wildman–Crippen LogP) is 0.271. The van der Waals surface area contributed by atoms with E-state index in [9.17, 15) is 12.8 Å². The van der Waals surface area contributed by atoms with Gasteiger partial charge in [0.05, 0.1) is 5.69 Å². The summed E-state index contributed by atoms with van der Waals surface area (Å²) in [6.45, 7) is 1.47. The lowest BCUT2D eigenvalue weighted by Crippen LogP contribution is -2.01. The lowest BCUT2D eigenvalue weighted by Gasteiger charge is -1.88. The van der Waals surface area contributed by atoms with Crippen LogP contribution in [0.2, 0.25) is 0 Å². The van der Waals surface area contributed by atoms with Crippen LogP contribution < -0.4 is 0 Å². The molecule has 1 aromatic heterocycles. The Balaban J connectivity index is 3.48. The van der Waals surface area contributed by atoms with Gasteiger partial charge in [-0.15, -0.1) is 0 Å². The van der Waals surface area contributed by atoms with Crippen LogP contribution in [0.15, 0.2) is 5.03 Å². The minimum atomic E-state index is -3.54. The van der Waals surface area contributed by atoms with E-state index in [1.807, 2.05) is 0 Å². The van der Waals surface area contributed by atoms with Crippen LogP contribution in [0.1, 0.15) is 5.69 Å². The largest absolute Gasteiger partial charge is 0.269 e. The minimum Gasteiger partial charge on any atom is -0.269 e. The van der Waals surface area contributed by atoms with Gasteiger partial charge < -0.3 is 0 Å². The first-order valence-electron chi connectivity index (χ1n) is 3.23. The molecule has 0 amide bonds. The quantitative estimate of drug-likeness (QED) is 0.641. The Morgan fingerprint density at radius 2 is 2.00 bits per heavy atom. The molecule has 0 saturated carbocycles. The van der Waals surface area contributed by atoms with Crippen molar-refractivity contribution in [1.29, 1.82) is 0 Å². The molecule has 4 nitrogen and oxygen atoms in total. The van der Waals surface area contributed by atoms with Crippen molar-refractivity contribution in [1.82, 2.24) is 9.78 Å². The summed E-state index contributed by atoms with van der Waals surface area (Å²) in [5.41, 5.74) is 0.218. The molecule has 0 bridgehead atoms. The Hall–Kier alpha value is -0.910. The molecule has 1 heterocycles. The molecule has 0 aliphatic carbocycles. The van der Waals surface area contributed by atoms with Gasteiger partial charge in [-0.1, -0.05) is 0 Å². The van der Waals surface area contributed by atoms with E-state index < -0.39 is 20.7 Å². The van der Waals surface area contributed by atoms with E-state index in [4.69, 9.17) is 0 Å². The Labute approximate surface area is 69.9 Å². The zero-order chi connectivity index (χ0) is 9.52. The highest BCUT2D eigenvalue weighted by Crippen LogP contribution is 2.14. The second kappa shape index (κ2) is 2.55. The van der Waals surface area contributed by atoms with E-state index >= 15 is 0 Å². The van der Waals surface area contributed by atoms with Crippen molar-refractivity contribution >= 4 is 9.84 Å². The van der Waals surface area contributed by atoms with Crippen molar-refractivity contribution in [2.24, 2.45) is 7.05 Å². The number of nitrogens with zero attached hydrogens (tertiary/aromatic N) is 2. The molecule has 6 heteroatoms. The molecule has 0 atom stereocenters. The topological polar surface area (TPSA) is 52.0 Å². The Morgan fingerprint density at radius 1 is 1.50 bits per heavy atom. The van der Waals surface area contributed by atoms with E-state index in [2.05, 4.69) is 5.10 Å². The fraction of sp³-hybridized carbons (Fsp3) is 0.500. The van der Waals surface area contributed by atoms with Gasteiger partial charge in [0.1, 0.15) is 0 Å². The van der Waals surface area contributed by atoms with Crippen molar-refractivity contribution in [3.8, 4) is 0 Å². The van der Waals surface area contributed by atoms with E-state index in [0.29, 0.717) is 0 Å². The molecule has 0 saturated heterocycles. The van der Waals surface area contributed by atoms with E-state index in [0.717, 1.165) is 6.26 Å². The number of sulfone groups is 1. The zero-order valence-electron chi connectivity index (χ0n) is 7.00. The van der Waals surface area contributed by atoms with Crippen molar-refractivity contribution < 1.29 is 12.8 Å². The predicted molar refractivity (Wildman–Crippen MR) is 41.0 cm³/mol. The molecule has 68 valence electrons. The lowest BCUT2D eigenvalue weighted by molar-refractivity contribution is 0.563. The molecule has 0 spiro atoms. The molecule has 0 radical (unpaired) electrons. The summed E-state index contributed by atoms with van der Waals surface area (Å²) in [5.74, 6) is -0.764. The smallest absolute Gasteiger partial charge is 0.212 e. The number of aryl methyl sites for hydroxylation is 1. The van der Waals surface area contributed by atoms with Gasteiger partial charge in [-0.2, -0.15) is 5.10 Å². The van der Waals surface area contributed by atoms with Crippen LogP contribution in [0.4, 0.5) is 4.39 Å². The Kier molecular flexibility index (Phi) is 1.95. The third-order valence-corrected chi connectivity index (χ3v) is 2.55. The first-order valence-corrected chi connectivity index (χ1v) is 5.12. The normalized spacial score (nSPS) is 12.0. The van der Waals surface area contributed by atoms with Crippen molar-refractivity contribution in [2.45, 2.75) is 11.9 Å². The number of aromatic nitrogens is 2. The van der Waals surface area contributed by atoms with Crippen molar-refractivity contribution in [2.75, 3.05) is 6.26 Å². The van der Waals surface area contributed by atoms with Crippen molar-refractivity contribution in [3.63, 3.8) is 0 Å². The van der Waals surface area contributed by atoms with Crippen LogP contribution in [0.3, 0.4) is 0 Å². The van der Waals surface area contributed by atoms with Crippen LogP contribution in [0.5, 0.6) is 0 Å². The van der Waals surface area contributed by atoms with Gasteiger partial charge in [0, 0.05) is 13.3 Å². The monoisotopic (exact) mass is 192 g/mol. The zero-order valence-corrected chi connectivity index (χ0v) is 7.81. The number of halogens is 1. The number of hydrogen-bond donors (Lipinski definition) is 0. The Bertz CT molecular complexity index is 407. The summed E-state index contributed by atoms with van der Waals surface area (Å²) >= 11 is 0. The summed E-state index contributed by atoms with van der Waals surface area (Å²) in [6.07, 6.45) is 0.928. The van der Waals surface area contributed by atoms with E-state index in [1.54, 1.807) is 0 Å². The highest BCUT2D eigenvalue weighted by molar-refractivity contribution is 7.90.